The summed E-state index contributed by atoms with van der Waals surface area (Å²) in [5, 5.41) is 9.62. The van der Waals surface area contributed by atoms with Crippen LogP contribution in [0.15, 0.2) is 65.8 Å². The van der Waals surface area contributed by atoms with E-state index < -0.39 is 5.97 Å². The van der Waals surface area contributed by atoms with Crippen molar-refractivity contribution in [1.29, 1.82) is 0 Å². The Kier molecular flexibility index (Phi) is 4.86. The predicted molar refractivity (Wildman–Crippen MR) is 90.4 cm³/mol. The number of thioether (sulfide) groups is 1. The van der Waals surface area contributed by atoms with Crippen LogP contribution in [0.2, 0.25) is 0 Å². The fourth-order valence-electron chi connectivity index (χ4n) is 2.09. The Morgan fingerprint density at radius 1 is 1.04 bits per heavy atom. The largest absolute Gasteiger partial charge is 0.477 e. The quantitative estimate of drug-likeness (QED) is 0.555. The minimum absolute atomic E-state index is 0.0834. The van der Waals surface area contributed by atoms with E-state index in [1.807, 2.05) is 30.3 Å². The summed E-state index contributed by atoms with van der Waals surface area (Å²) >= 11 is 1.36. The maximum atomic E-state index is 13.1. The van der Waals surface area contributed by atoms with Crippen LogP contribution in [0.25, 0.3) is 11.3 Å². The number of aromatic nitrogens is 2. The highest BCUT2D eigenvalue weighted by atomic mass is 32.2. The second-order valence-corrected chi connectivity index (χ2v) is 5.95. The van der Waals surface area contributed by atoms with Crippen molar-refractivity contribution < 1.29 is 14.3 Å². The van der Waals surface area contributed by atoms with Gasteiger partial charge in [-0.3, -0.25) is 0 Å². The van der Waals surface area contributed by atoms with Gasteiger partial charge in [0, 0.05) is 11.3 Å². The molecule has 1 aromatic heterocycles. The molecule has 120 valence electrons. The highest BCUT2D eigenvalue weighted by molar-refractivity contribution is 7.98. The summed E-state index contributed by atoms with van der Waals surface area (Å²) in [5.41, 5.74) is 2.11. The third kappa shape index (κ3) is 3.97. The molecule has 0 radical (unpaired) electrons. The molecular weight excluding hydrogens is 327 g/mol. The summed E-state index contributed by atoms with van der Waals surface area (Å²) in [6.07, 6.45) is 0. The van der Waals surface area contributed by atoms with Crippen molar-refractivity contribution in [3.05, 3.63) is 77.7 Å². The Morgan fingerprint density at radius 2 is 1.75 bits per heavy atom. The fourth-order valence-corrected chi connectivity index (χ4v) is 2.90. The SMILES string of the molecule is O=C(O)c1cc(-c2ccc(F)cc2)nc(SCc2ccccc2)n1. The van der Waals surface area contributed by atoms with E-state index in [1.54, 1.807) is 12.1 Å². The number of rotatable bonds is 5. The van der Waals surface area contributed by atoms with Gasteiger partial charge in [0.1, 0.15) is 5.82 Å². The number of carboxylic acids is 1. The van der Waals surface area contributed by atoms with E-state index in [1.165, 1.54) is 30.0 Å². The molecule has 0 aliphatic heterocycles. The van der Waals surface area contributed by atoms with Crippen molar-refractivity contribution in [3.63, 3.8) is 0 Å². The number of hydrogen-bond donors (Lipinski definition) is 1. The lowest BCUT2D eigenvalue weighted by Gasteiger charge is -2.06. The summed E-state index contributed by atoms with van der Waals surface area (Å²) in [5.74, 6) is -0.848. The lowest BCUT2D eigenvalue weighted by atomic mass is 10.1. The third-order valence-corrected chi connectivity index (χ3v) is 4.19. The molecule has 0 saturated heterocycles. The molecule has 4 nitrogen and oxygen atoms in total. The first-order chi connectivity index (χ1) is 11.6. The second-order valence-electron chi connectivity index (χ2n) is 5.01. The van der Waals surface area contributed by atoms with Gasteiger partial charge in [-0.1, -0.05) is 42.1 Å². The monoisotopic (exact) mass is 340 g/mol. The minimum Gasteiger partial charge on any atom is -0.477 e. The Labute approximate surface area is 142 Å². The molecule has 24 heavy (non-hydrogen) atoms. The number of benzene rings is 2. The number of nitrogens with zero attached hydrogens (tertiary/aromatic N) is 2. The molecule has 0 aliphatic carbocycles. The topological polar surface area (TPSA) is 63.1 Å². The maximum Gasteiger partial charge on any atom is 0.354 e. The van der Waals surface area contributed by atoms with Gasteiger partial charge in [0.2, 0.25) is 0 Å². The predicted octanol–water partition coefficient (Wildman–Crippen LogP) is 4.27. The van der Waals surface area contributed by atoms with Gasteiger partial charge < -0.3 is 5.11 Å². The average molecular weight is 340 g/mol. The first-order valence-corrected chi connectivity index (χ1v) is 8.15. The molecule has 2 aromatic carbocycles. The van der Waals surface area contributed by atoms with Gasteiger partial charge in [-0.25, -0.2) is 19.2 Å². The van der Waals surface area contributed by atoms with E-state index in [0.29, 0.717) is 22.2 Å². The highest BCUT2D eigenvalue weighted by Gasteiger charge is 2.12. The summed E-state index contributed by atoms with van der Waals surface area (Å²) < 4.78 is 13.1. The summed E-state index contributed by atoms with van der Waals surface area (Å²) in [6, 6.07) is 16.9. The van der Waals surface area contributed by atoms with Crippen molar-refractivity contribution in [2.45, 2.75) is 10.9 Å². The number of carbonyl (C=O) groups is 1. The zero-order valence-electron chi connectivity index (χ0n) is 12.5. The van der Waals surface area contributed by atoms with Crippen molar-refractivity contribution in [3.8, 4) is 11.3 Å². The summed E-state index contributed by atoms with van der Waals surface area (Å²) in [7, 11) is 0. The van der Waals surface area contributed by atoms with Crippen LogP contribution in [0, 0.1) is 5.82 Å². The number of carboxylic acid groups (broad SMARTS) is 1. The normalized spacial score (nSPS) is 10.5. The van der Waals surface area contributed by atoms with Gasteiger partial charge in [0.15, 0.2) is 10.9 Å². The lowest BCUT2D eigenvalue weighted by Crippen LogP contribution is -2.04. The zero-order chi connectivity index (χ0) is 16.9. The molecule has 0 bridgehead atoms. The number of aromatic carboxylic acids is 1. The fraction of sp³-hybridized carbons (Fsp3) is 0.0556. The van der Waals surface area contributed by atoms with Crippen molar-refractivity contribution in [2.75, 3.05) is 0 Å². The molecule has 3 aromatic rings. The lowest BCUT2D eigenvalue weighted by molar-refractivity contribution is 0.0689. The Bertz CT molecular complexity index is 855. The van der Waals surface area contributed by atoms with Crippen LogP contribution >= 0.6 is 11.8 Å². The van der Waals surface area contributed by atoms with E-state index in [2.05, 4.69) is 9.97 Å². The third-order valence-electron chi connectivity index (χ3n) is 3.28. The molecule has 1 heterocycles. The van der Waals surface area contributed by atoms with Crippen molar-refractivity contribution in [2.24, 2.45) is 0 Å². The van der Waals surface area contributed by atoms with Crippen LogP contribution in [0.1, 0.15) is 16.1 Å². The molecule has 0 amide bonds. The van der Waals surface area contributed by atoms with E-state index in [9.17, 15) is 14.3 Å². The molecule has 3 rings (SSSR count). The van der Waals surface area contributed by atoms with Crippen LogP contribution in [0.5, 0.6) is 0 Å². The van der Waals surface area contributed by atoms with Gasteiger partial charge in [0.25, 0.3) is 0 Å². The van der Waals surface area contributed by atoms with Crippen LogP contribution < -0.4 is 0 Å². The van der Waals surface area contributed by atoms with E-state index in [4.69, 9.17) is 0 Å². The summed E-state index contributed by atoms with van der Waals surface area (Å²) in [6.45, 7) is 0. The van der Waals surface area contributed by atoms with E-state index in [-0.39, 0.29) is 11.5 Å². The van der Waals surface area contributed by atoms with Crippen LogP contribution in [-0.4, -0.2) is 21.0 Å². The Hall–Kier alpha value is -2.73. The molecule has 0 atom stereocenters. The van der Waals surface area contributed by atoms with E-state index >= 15 is 0 Å². The van der Waals surface area contributed by atoms with Crippen LogP contribution in [0.3, 0.4) is 0 Å². The van der Waals surface area contributed by atoms with Crippen molar-refractivity contribution >= 4 is 17.7 Å². The minimum atomic E-state index is -1.12. The highest BCUT2D eigenvalue weighted by Crippen LogP contribution is 2.24. The van der Waals surface area contributed by atoms with E-state index in [0.717, 1.165) is 5.56 Å². The molecular formula is C18H13FN2O2S. The molecule has 0 saturated carbocycles. The van der Waals surface area contributed by atoms with Gasteiger partial charge in [-0.05, 0) is 35.9 Å². The first-order valence-electron chi connectivity index (χ1n) is 7.17. The van der Waals surface area contributed by atoms with Gasteiger partial charge in [-0.15, -0.1) is 0 Å². The molecule has 6 heteroatoms. The standard InChI is InChI=1S/C18H13FN2O2S/c19-14-8-6-13(7-9-14)15-10-16(17(22)23)21-18(20-15)24-11-12-4-2-1-3-5-12/h1-10H,11H2,(H,22,23). The van der Waals surface area contributed by atoms with Crippen molar-refractivity contribution in [1.82, 2.24) is 9.97 Å². The average Bonchev–Trinajstić information content (AvgIpc) is 2.61. The Balaban J connectivity index is 1.91. The smallest absolute Gasteiger partial charge is 0.354 e. The Morgan fingerprint density at radius 3 is 2.42 bits per heavy atom. The number of hydrogen-bond acceptors (Lipinski definition) is 4. The first kappa shape index (κ1) is 16.1. The van der Waals surface area contributed by atoms with Crippen LogP contribution in [0.4, 0.5) is 4.39 Å². The van der Waals surface area contributed by atoms with Crippen LogP contribution in [-0.2, 0) is 5.75 Å². The van der Waals surface area contributed by atoms with Gasteiger partial charge >= 0.3 is 5.97 Å². The molecule has 0 spiro atoms. The van der Waals surface area contributed by atoms with Gasteiger partial charge in [0.05, 0.1) is 5.69 Å². The molecule has 0 aliphatic rings. The number of halogens is 1. The molecule has 0 fully saturated rings. The maximum absolute atomic E-state index is 13.1. The zero-order valence-corrected chi connectivity index (χ0v) is 13.3. The second kappa shape index (κ2) is 7.23. The molecule has 1 N–H and O–H groups in total. The molecule has 0 unspecified atom stereocenters. The van der Waals surface area contributed by atoms with Gasteiger partial charge in [-0.2, -0.15) is 0 Å². The summed E-state index contributed by atoms with van der Waals surface area (Å²) in [4.78, 5) is 19.8.